The molecule has 2 aromatic rings. The number of carbonyl (C=O) groups is 2. The Balaban J connectivity index is 2.17. The average Bonchev–Trinajstić information content (AvgIpc) is 2.60. The van der Waals surface area contributed by atoms with Gasteiger partial charge in [-0.3, -0.25) is 4.79 Å². The molecule has 0 spiro atoms. The number of benzene rings is 2. The first-order valence-electron chi connectivity index (χ1n) is 7.79. The van der Waals surface area contributed by atoms with Crippen LogP contribution in [0, 0.1) is 0 Å². The lowest BCUT2D eigenvalue weighted by atomic mass is 10.1. The van der Waals surface area contributed by atoms with E-state index in [2.05, 4.69) is 5.32 Å². The van der Waals surface area contributed by atoms with Crippen molar-refractivity contribution in [1.29, 1.82) is 0 Å². The summed E-state index contributed by atoms with van der Waals surface area (Å²) in [4.78, 5) is 24.4. The highest BCUT2D eigenvalue weighted by Crippen LogP contribution is 2.28. The highest BCUT2D eigenvalue weighted by Gasteiger charge is 2.13. The molecular weight excluding hydrogens is 322 g/mol. The highest BCUT2D eigenvalue weighted by molar-refractivity contribution is 6.05. The third kappa shape index (κ3) is 4.73. The Morgan fingerprint density at radius 3 is 2.28 bits per heavy atom. The number of nitrogens with one attached hydrogen (secondary N) is 1. The molecule has 0 unspecified atom stereocenters. The average molecular weight is 343 g/mol. The molecule has 0 radical (unpaired) electrons. The zero-order valence-electron chi connectivity index (χ0n) is 14.7. The van der Waals surface area contributed by atoms with Crippen LogP contribution in [0.4, 0.5) is 5.69 Å². The van der Waals surface area contributed by atoms with E-state index in [1.807, 2.05) is 0 Å². The Morgan fingerprint density at radius 2 is 1.64 bits per heavy atom. The van der Waals surface area contributed by atoms with Gasteiger partial charge in [-0.05, 0) is 50.2 Å². The van der Waals surface area contributed by atoms with Gasteiger partial charge in [0.2, 0.25) is 0 Å². The maximum atomic E-state index is 12.4. The predicted octanol–water partition coefficient (Wildman–Crippen LogP) is 3.52. The summed E-state index contributed by atoms with van der Waals surface area (Å²) < 4.78 is 15.5. The van der Waals surface area contributed by atoms with Gasteiger partial charge in [-0.1, -0.05) is 6.07 Å². The molecule has 6 nitrogen and oxygen atoms in total. The Bertz CT molecular complexity index is 770. The van der Waals surface area contributed by atoms with Crippen molar-refractivity contribution < 1.29 is 23.8 Å². The van der Waals surface area contributed by atoms with Crippen LogP contribution in [0.15, 0.2) is 42.5 Å². The standard InChI is InChI=1S/C19H21NO5/c1-12(2)25-19(22)14-6-5-7-15(10-14)20-18(21)13-8-9-16(23-3)17(11-13)24-4/h5-12H,1-4H3,(H,20,21). The van der Waals surface area contributed by atoms with Crippen molar-refractivity contribution in [3.8, 4) is 11.5 Å². The third-order valence-corrected chi connectivity index (χ3v) is 3.34. The van der Waals surface area contributed by atoms with Crippen LogP contribution in [0.25, 0.3) is 0 Å². The minimum Gasteiger partial charge on any atom is -0.493 e. The van der Waals surface area contributed by atoms with Crippen molar-refractivity contribution in [2.75, 3.05) is 19.5 Å². The van der Waals surface area contributed by atoms with E-state index in [0.717, 1.165) is 0 Å². The fourth-order valence-corrected chi connectivity index (χ4v) is 2.19. The molecule has 0 heterocycles. The number of ether oxygens (including phenoxy) is 3. The molecule has 0 aromatic heterocycles. The molecule has 0 fully saturated rings. The van der Waals surface area contributed by atoms with Gasteiger partial charge < -0.3 is 19.5 Å². The lowest BCUT2D eigenvalue weighted by Gasteiger charge is -2.11. The van der Waals surface area contributed by atoms with Gasteiger partial charge >= 0.3 is 5.97 Å². The van der Waals surface area contributed by atoms with Crippen LogP contribution in [0.5, 0.6) is 11.5 Å². The zero-order valence-corrected chi connectivity index (χ0v) is 14.7. The maximum Gasteiger partial charge on any atom is 0.338 e. The molecule has 2 aromatic carbocycles. The van der Waals surface area contributed by atoms with E-state index in [4.69, 9.17) is 14.2 Å². The Labute approximate surface area is 146 Å². The summed E-state index contributed by atoms with van der Waals surface area (Å²) in [7, 11) is 3.03. The molecule has 25 heavy (non-hydrogen) atoms. The molecule has 0 bridgehead atoms. The number of carbonyl (C=O) groups excluding carboxylic acids is 2. The van der Waals surface area contributed by atoms with Crippen LogP contribution in [0.2, 0.25) is 0 Å². The van der Waals surface area contributed by atoms with Crippen molar-refractivity contribution in [2.24, 2.45) is 0 Å². The van der Waals surface area contributed by atoms with Gasteiger partial charge in [0.05, 0.1) is 25.9 Å². The Hall–Kier alpha value is -3.02. The van der Waals surface area contributed by atoms with Crippen LogP contribution in [-0.2, 0) is 4.74 Å². The first-order valence-corrected chi connectivity index (χ1v) is 7.79. The van der Waals surface area contributed by atoms with E-state index < -0.39 is 5.97 Å². The predicted molar refractivity (Wildman–Crippen MR) is 94.5 cm³/mol. The SMILES string of the molecule is COc1ccc(C(=O)Nc2cccc(C(=O)OC(C)C)c2)cc1OC. The van der Waals surface area contributed by atoms with Crippen LogP contribution in [0.3, 0.4) is 0 Å². The molecule has 0 saturated heterocycles. The fraction of sp³-hybridized carbons (Fsp3) is 0.263. The molecular formula is C19H21NO5. The molecule has 0 aliphatic heterocycles. The van der Waals surface area contributed by atoms with E-state index in [1.54, 1.807) is 56.3 Å². The number of rotatable bonds is 6. The monoisotopic (exact) mass is 343 g/mol. The second kappa shape index (κ2) is 8.19. The smallest absolute Gasteiger partial charge is 0.338 e. The van der Waals surface area contributed by atoms with Gasteiger partial charge in [-0.15, -0.1) is 0 Å². The largest absolute Gasteiger partial charge is 0.493 e. The summed E-state index contributed by atoms with van der Waals surface area (Å²) in [5.41, 5.74) is 1.28. The summed E-state index contributed by atoms with van der Waals surface area (Å²) in [6.07, 6.45) is -0.211. The number of hydrogen-bond donors (Lipinski definition) is 1. The van der Waals surface area contributed by atoms with E-state index >= 15 is 0 Å². The topological polar surface area (TPSA) is 73.9 Å². The normalized spacial score (nSPS) is 10.3. The van der Waals surface area contributed by atoms with Gasteiger partial charge in [-0.25, -0.2) is 4.79 Å². The summed E-state index contributed by atoms with van der Waals surface area (Å²) in [6, 6.07) is 11.5. The van der Waals surface area contributed by atoms with E-state index in [-0.39, 0.29) is 12.0 Å². The minimum absolute atomic E-state index is 0.211. The summed E-state index contributed by atoms with van der Waals surface area (Å²) in [5, 5.41) is 2.75. The zero-order chi connectivity index (χ0) is 18.4. The molecule has 1 N–H and O–H groups in total. The minimum atomic E-state index is -0.433. The van der Waals surface area contributed by atoms with Gasteiger partial charge in [0.15, 0.2) is 11.5 Å². The first kappa shape index (κ1) is 18.3. The van der Waals surface area contributed by atoms with E-state index in [0.29, 0.717) is 28.3 Å². The third-order valence-electron chi connectivity index (χ3n) is 3.34. The molecule has 0 aliphatic rings. The first-order chi connectivity index (χ1) is 11.9. The number of hydrogen-bond acceptors (Lipinski definition) is 5. The van der Waals surface area contributed by atoms with Crippen molar-refractivity contribution in [1.82, 2.24) is 0 Å². The van der Waals surface area contributed by atoms with Crippen molar-refractivity contribution in [3.63, 3.8) is 0 Å². The second-order valence-electron chi connectivity index (χ2n) is 5.56. The van der Waals surface area contributed by atoms with Crippen LogP contribution in [-0.4, -0.2) is 32.2 Å². The molecule has 0 aliphatic carbocycles. The number of methoxy groups -OCH3 is 2. The van der Waals surface area contributed by atoms with Crippen LogP contribution < -0.4 is 14.8 Å². The Morgan fingerprint density at radius 1 is 0.920 bits per heavy atom. The number of esters is 1. The maximum absolute atomic E-state index is 12.4. The van der Waals surface area contributed by atoms with Gasteiger partial charge in [0, 0.05) is 11.3 Å². The lowest BCUT2D eigenvalue weighted by molar-refractivity contribution is 0.0378. The molecule has 0 saturated carbocycles. The highest BCUT2D eigenvalue weighted by atomic mass is 16.5. The molecule has 2 rings (SSSR count). The van der Waals surface area contributed by atoms with Gasteiger partial charge in [-0.2, -0.15) is 0 Å². The summed E-state index contributed by atoms with van der Waals surface area (Å²) in [6.45, 7) is 3.56. The summed E-state index contributed by atoms with van der Waals surface area (Å²) in [5.74, 6) is 0.245. The molecule has 0 atom stereocenters. The summed E-state index contributed by atoms with van der Waals surface area (Å²) >= 11 is 0. The van der Waals surface area contributed by atoms with E-state index in [1.165, 1.54) is 14.2 Å². The van der Waals surface area contributed by atoms with Crippen molar-refractivity contribution >= 4 is 17.6 Å². The van der Waals surface area contributed by atoms with E-state index in [9.17, 15) is 9.59 Å². The number of anilines is 1. The molecule has 132 valence electrons. The van der Waals surface area contributed by atoms with Crippen LogP contribution in [0.1, 0.15) is 34.6 Å². The quantitative estimate of drug-likeness (QED) is 0.812. The van der Waals surface area contributed by atoms with Gasteiger partial charge in [0.1, 0.15) is 0 Å². The fourth-order valence-electron chi connectivity index (χ4n) is 2.19. The van der Waals surface area contributed by atoms with Crippen molar-refractivity contribution in [2.45, 2.75) is 20.0 Å². The van der Waals surface area contributed by atoms with Crippen molar-refractivity contribution in [3.05, 3.63) is 53.6 Å². The molecule has 6 heteroatoms. The lowest BCUT2D eigenvalue weighted by Crippen LogP contribution is -2.14. The van der Waals surface area contributed by atoms with Gasteiger partial charge in [0.25, 0.3) is 5.91 Å². The molecule has 1 amide bonds. The number of amides is 1. The second-order valence-corrected chi connectivity index (χ2v) is 5.56. The van der Waals surface area contributed by atoms with Crippen LogP contribution >= 0.6 is 0 Å². The Kier molecular flexibility index (Phi) is 6.00.